The van der Waals surface area contributed by atoms with Crippen molar-refractivity contribution in [3.05, 3.63) is 57.6 Å². The van der Waals surface area contributed by atoms with Crippen LogP contribution in [0, 0.1) is 0 Å². The number of anilines is 1. The number of hydrogen-bond acceptors (Lipinski definition) is 4. The Morgan fingerprint density at radius 1 is 1.08 bits per heavy atom. The Morgan fingerprint density at radius 3 is 2.12 bits per heavy atom. The molecular weight excluding hydrogens is 379 g/mol. The van der Waals surface area contributed by atoms with E-state index in [4.69, 9.17) is 28.9 Å². The van der Waals surface area contributed by atoms with E-state index in [-0.39, 0.29) is 5.75 Å². The second kappa shape index (κ2) is 9.80. The fraction of sp³-hybridized carbons (Fsp3) is 0.278. The van der Waals surface area contributed by atoms with Gasteiger partial charge in [0.2, 0.25) is 0 Å². The maximum absolute atomic E-state index is 11.2. The highest BCUT2D eigenvalue weighted by molar-refractivity contribution is 7.89. The van der Waals surface area contributed by atoms with Crippen molar-refractivity contribution < 1.29 is 8.42 Å². The minimum atomic E-state index is -3.07. The molecule has 0 saturated heterocycles. The second-order valence-corrected chi connectivity index (χ2v) is 8.33. The van der Waals surface area contributed by atoms with Crippen LogP contribution in [0.1, 0.15) is 25.0 Å². The van der Waals surface area contributed by atoms with E-state index in [0.29, 0.717) is 27.0 Å². The van der Waals surface area contributed by atoms with E-state index in [9.17, 15) is 8.42 Å². The minimum Gasteiger partial charge on any atom is -0.397 e. The van der Waals surface area contributed by atoms with Crippen molar-refractivity contribution in [1.29, 1.82) is 0 Å². The predicted octanol–water partition coefficient (Wildman–Crippen LogP) is 5.09. The van der Waals surface area contributed by atoms with Gasteiger partial charge in [0.1, 0.15) is 0 Å². The third-order valence-electron chi connectivity index (χ3n) is 3.27. The van der Waals surface area contributed by atoms with Crippen LogP contribution in [0.4, 0.5) is 11.4 Å². The molecule has 0 radical (unpaired) electrons. The first-order valence-corrected chi connectivity index (χ1v) is 10.5. The van der Waals surface area contributed by atoms with Crippen LogP contribution in [0.2, 0.25) is 10.0 Å². The van der Waals surface area contributed by atoms with Crippen LogP contribution >= 0.6 is 23.2 Å². The average molecular weight is 401 g/mol. The van der Waals surface area contributed by atoms with Crippen LogP contribution in [0.25, 0.3) is 0 Å². The van der Waals surface area contributed by atoms with Crippen molar-refractivity contribution in [3.8, 4) is 0 Å². The summed E-state index contributed by atoms with van der Waals surface area (Å²) in [7, 11) is -3.07. The number of nitrogens with zero attached hydrogens (tertiary/aromatic N) is 1. The van der Waals surface area contributed by atoms with Gasteiger partial charge in [-0.2, -0.15) is 0 Å². The van der Waals surface area contributed by atoms with Crippen molar-refractivity contribution in [2.45, 2.75) is 26.0 Å². The smallest absolute Gasteiger partial charge is 0.151 e. The monoisotopic (exact) mass is 400 g/mol. The molecular formula is C18H22Cl2N2O2S. The molecule has 0 heterocycles. The highest BCUT2D eigenvalue weighted by Crippen LogP contribution is 2.29. The zero-order valence-electron chi connectivity index (χ0n) is 14.5. The number of hydrogen-bond donors (Lipinski definition) is 1. The molecule has 0 aliphatic carbocycles. The highest BCUT2D eigenvalue weighted by Gasteiger charge is 2.10. The van der Waals surface area contributed by atoms with Gasteiger partial charge in [-0.25, -0.2) is 8.42 Å². The summed E-state index contributed by atoms with van der Waals surface area (Å²) in [6, 6.07) is 10.8. The van der Waals surface area contributed by atoms with Gasteiger partial charge in [-0.15, -0.1) is 0 Å². The topological polar surface area (TPSA) is 72.5 Å². The average Bonchev–Trinajstić information content (AvgIpc) is 2.53. The largest absolute Gasteiger partial charge is 0.397 e. The molecule has 0 spiro atoms. The summed E-state index contributed by atoms with van der Waals surface area (Å²) in [5, 5.41) is 1.12. The molecule has 0 saturated carbocycles. The van der Waals surface area contributed by atoms with E-state index in [1.807, 2.05) is 12.1 Å². The lowest BCUT2D eigenvalue weighted by Gasteiger charge is -2.05. The minimum absolute atomic E-state index is 0.0414. The summed E-state index contributed by atoms with van der Waals surface area (Å²) in [4.78, 5) is 4.07. The van der Waals surface area contributed by atoms with E-state index in [1.165, 1.54) is 6.26 Å². The van der Waals surface area contributed by atoms with Gasteiger partial charge in [0, 0.05) is 12.5 Å². The van der Waals surface area contributed by atoms with E-state index < -0.39 is 9.84 Å². The van der Waals surface area contributed by atoms with E-state index in [1.54, 1.807) is 37.4 Å². The number of nitrogen functional groups attached to an aromatic ring is 1. The molecule has 0 aromatic heterocycles. The SMILES string of the molecule is CC=Nc1c(Cl)cccc1CS(C)(=O)=O.CCc1cccc(Cl)c1N. The normalized spacial score (nSPS) is 11.2. The zero-order chi connectivity index (χ0) is 19.0. The first-order chi connectivity index (χ1) is 11.7. The van der Waals surface area contributed by atoms with E-state index in [2.05, 4.69) is 11.9 Å². The van der Waals surface area contributed by atoms with Gasteiger partial charge in [-0.05, 0) is 36.6 Å². The Morgan fingerprint density at radius 2 is 1.64 bits per heavy atom. The van der Waals surface area contributed by atoms with Crippen LogP contribution in [0.15, 0.2) is 41.4 Å². The summed E-state index contributed by atoms with van der Waals surface area (Å²) >= 11 is 11.7. The Balaban J connectivity index is 0.000000271. The van der Waals surface area contributed by atoms with Crippen LogP contribution < -0.4 is 5.73 Å². The molecule has 0 bridgehead atoms. The molecule has 2 aromatic rings. The fourth-order valence-electron chi connectivity index (χ4n) is 2.12. The number of aryl methyl sites for hydroxylation is 1. The van der Waals surface area contributed by atoms with Gasteiger partial charge in [0.25, 0.3) is 0 Å². The van der Waals surface area contributed by atoms with Gasteiger partial charge in [0.15, 0.2) is 9.84 Å². The molecule has 0 atom stereocenters. The van der Waals surface area contributed by atoms with Crippen LogP contribution in [0.3, 0.4) is 0 Å². The molecule has 7 heteroatoms. The van der Waals surface area contributed by atoms with Crippen LogP contribution in [-0.4, -0.2) is 20.9 Å². The van der Waals surface area contributed by atoms with Crippen molar-refractivity contribution in [2.75, 3.05) is 12.0 Å². The van der Waals surface area contributed by atoms with Gasteiger partial charge in [0.05, 0.1) is 27.2 Å². The zero-order valence-corrected chi connectivity index (χ0v) is 16.8. The van der Waals surface area contributed by atoms with Crippen molar-refractivity contribution in [1.82, 2.24) is 0 Å². The lowest BCUT2D eigenvalue weighted by molar-refractivity contribution is 0.601. The van der Waals surface area contributed by atoms with Gasteiger partial charge >= 0.3 is 0 Å². The van der Waals surface area contributed by atoms with E-state index >= 15 is 0 Å². The van der Waals surface area contributed by atoms with Crippen molar-refractivity contribution in [2.24, 2.45) is 4.99 Å². The molecule has 0 amide bonds. The maximum atomic E-state index is 11.2. The molecule has 136 valence electrons. The van der Waals surface area contributed by atoms with Crippen molar-refractivity contribution in [3.63, 3.8) is 0 Å². The lowest BCUT2D eigenvalue weighted by atomic mass is 10.1. The summed E-state index contributed by atoms with van der Waals surface area (Å²) < 4.78 is 22.3. The number of sulfone groups is 1. The Bertz CT molecular complexity index is 850. The van der Waals surface area contributed by atoms with Gasteiger partial charge in [-0.1, -0.05) is 54.4 Å². The molecule has 2 N–H and O–H groups in total. The summed E-state index contributed by atoms with van der Waals surface area (Å²) in [5.41, 5.74) is 8.66. The van der Waals surface area contributed by atoms with Crippen LogP contribution in [0.5, 0.6) is 0 Å². The molecule has 2 rings (SSSR count). The quantitative estimate of drug-likeness (QED) is 0.573. The lowest BCUT2D eigenvalue weighted by Crippen LogP contribution is -2.01. The highest BCUT2D eigenvalue weighted by atomic mass is 35.5. The summed E-state index contributed by atoms with van der Waals surface area (Å²) in [6.45, 7) is 3.82. The van der Waals surface area contributed by atoms with Crippen LogP contribution in [-0.2, 0) is 22.0 Å². The first kappa shape index (κ1) is 21.5. The Labute approximate surface area is 159 Å². The van der Waals surface area contributed by atoms with Crippen molar-refractivity contribution >= 4 is 50.6 Å². The summed E-state index contributed by atoms with van der Waals surface area (Å²) in [6.07, 6.45) is 3.72. The third-order valence-corrected chi connectivity index (χ3v) is 4.74. The van der Waals surface area contributed by atoms with Gasteiger partial charge < -0.3 is 5.73 Å². The number of nitrogens with two attached hydrogens (primary N) is 1. The standard InChI is InChI=1S/C10H12ClNO2S.C8H10ClN/c1-3-12-10-8(7-15(2,13)14)5-4-6-9(10)11;1-2-6-4-3-5-7(9)8(6)10/h3-6H,7H2,1-2H3;3-5H,2,10H2,1H3. The molecule has 0 fully saturated rings. The predicted molar refractivity (Wildman–Crippen MR) is 109 cm³/mol. The number of para-hydroxylation sites is 2. The molecule has 25 heavy (non-hydrogen) atoms. The maximum Gasteiger partial charge on any atom is 0.151 e. The second-order valence-electron chi connectivity index (χ2n) is 5.37. The molecule has 2 aromatic carbocycles. The molecule has 0 aliphatic heterocycles. The Hall–Kier alpha value is -1.56. The molecule has 0 unspecified atom stereocenters. The van der Waals surface area contributed by atoms with E-state index in [0.717, 1.165) is 12.0 Å². The first-order valence-electron chi connectivity index (χ1n) is 7.66. The number of halogens is 2. The number of benzene rings is 2. The summed E-state index contributed by atoms with van der Waals surface area (Å²) in [5.74, 6) is -0.0414. The Kier molecular flexibility index (Phi) is 8.42. The molecule has 4 nitrogen and oxygen atoms in total. The number of aliphatic imine (C=N–C) groups is 1. The van der Waals surface area contributed by atoms with Gasteiger partial charge in [-0.3, -0.25) is 4.99 Å². The number of rotatable bonds is 4. The third kappa shape index (κ3) is 7.06. The molecule has 0 aliphatic rings. The fourth-order valence-corrected chi connectivity index (χ4v) is 3.36.